The molecule has 92 valence electrons. The lowest BCUT2D eigenvalue weighted by Crippen LogP contribution is -2.11. The number of rotatable bonds is 6. The van der Waals surface area contributed by atoms with Crippen LogP contribution in [-0.2, 0) is 19.6 Å². The molecule has 6 heteroatoms. The Morgan fingerprint density at radius 3 is 3.00 bits per heavy atom. The number of thiophene rings is 1. The van der Waals surface area contributed by atoms with E-state index in [1.54, 1.807) is 16.0 Å². The molecule has 0 aliphatic rings. The van der Waals surface area contributed by atoms with Crippen LogP contribution in [0.3, 0.4) is 0 Å². The van der Waals surface area contributed by atoms with Crippen molar-refractivity contribution in [3.05, 3.63) is 39.3 Å². The third kappa shape index (κ3) is 3.81. The Balaban J connectivity index is 1.77. The van der Waals surface area contributed by atoms with Crippen molar-refractivity contribution in [3.8, 4) is 0 Å². The van der Waals surface area contributed by atoms with Crippen molar-refractivity contribution in [1.29, 1.82) is 0 Å². The molecule has 0 atom stereocenters. The molecular formula is C11H14ClN3OS. The summed E-state index contributed by atoms with van der Waals surface area (Å²) in [6, 6.07) is 3.93. The van der Waals surface area contributed by atoms with Gasteiger partial charge in [-0.3, -0.25) is 4.68 Å². The summed E-state index contributed by atoms with van der Waals surface area (Å²) >= 11 is 7.43. The third-order valence-electron chi connectivity index (χ3n) is 2.27. The SMILES string of the molecule is OCCn1cc(CNCc2ccc(Cl)s2)cn1. The second-order valence-electron chi connectivity index (χ2n) is 3.64. The molecule has 0 saturated heterocycles. The van der Waals surface area contributed by atoms with Gasteiger partial charge in [0, 0.05) is 29.7 Å². The average molecular weight is 272 g/mol. The van der Waals surface area contributed by atoms with Crippen molar-refractivity contribution in [1.82, 2.24) is 15.1 Å². The Kier molecular flexibility index (Phi) is 4.56. The van der Waals surface area contributed by atoms with Crippen molar-refractivity contribution in [2.75, 3.05) is 6.61 Å². The smallest absolute Gasteiger partial charge is 0.0931 e. The van der Waals surface area contributed by atoms with Gasteiger partial charge in [-0.05, 0) is 12.1 Å². The number of nitrogens with one attached hydrogen (secondary N) is 1. The van der Waals surface area contributed by atoms with Crippen LogP contribution in [-0.4, -0.2) is 21.5 Å². The Labute approximate surface area is 109 Å². The molecule has 0 unspecified atom stereocenters. The zero-order valence-electron chi connectivity index (χ0n) is 9.27. The molecule has 2 aromatic heterocycles. The molecule has 0 saturated carbocycles. The van der Waals surface area contributed by atoms with Crippen molar-refractivity contribution < 1.29 is 5.11 Å². The molecular weight excluding hydrogens is 258 g/mol. The molecule has 2 aromatic rings. The Morgan fingerprint density at radius 1 is 1.41 bits per heavy atom. The molecule has 2 rings (SSSR count). The van der Waals surface area contributed by atoms with Gasteiger partial charge in [-0.15, -0.1) is 11.3 Å². The highest BCUT2D eigenvalue weighted by atomic mass is 35.5. The lowest BCUT2D eigenvalue weighted by atomic mass is 10.3. The van der Waals surface area contributed by atoms with Gasteiger partial charge in [-0.25, -0.2) is 0 Å². The zero-order chi connectivity index (χ0) is 12.1. The molecule has 0 aliphatic heterocycles. The summed E-state index contributed by atoms with van der Waals surface area (Å²) in [6.07, 6.45) is 3.74. The number of aromatic nitrogens is 2. The number of aliphatic hydroxyl groups excluding tert-OH is 1. The molecule has 0 fully saturated rings. The van der Waals surface area contributed by atoms with Gasteiger partial charge >= 0.3 is 0 Å². The summed E-state index contributed by atoms with van der Waals surface area (Å²) in [5.74, 6) is 0. The van der Waals surface area contributed by atoms with Crippen LogP contribution in [0.2, 0.25) is 4.34 Å². The van der Waals surface area contributed by atoms with E-state index in [0.717, 1.165) is 23.0 Å². The lowest BCUT2D eigenvalue weighted by molar-refractivity contribution is 0.269. The van der Waals surface area contributed by atoms with Crippen molar-refractivity contribution in [2.45, 2.75) is 19.6 Å². The first-order chi connectivity index (χ1) is 8.28. The summed E-state index contributed by atoms with van der Waals surface area (Å²) in [7, 11) is 0. The van der Waals surface area contributed by atoms with Crippen LogP contribution in [0, 0.1) is 0 Å². The summed E-state index contributed by atoms with van der Waals surface area (Å²) in [5, 5.41) is 16.2. The molecule has 0 amide bonds. The van der Waals surface area contributed by atoms with Gasteiger partial charge in [-0.2, -0.15) is 5.10 Å². The van der Waals surface area contributed by atoms with Crippen LogP contribution in [0.15, 0.2) is 24.5 Å². The molecule has 0 bridgehead atoms. The fraction of sp³-hybridized carbons (Fsp3) is 0.364. The van der Waals surface area contributed by atoms with E-state index in [2.05, 4.69) is 10.4 Å². The number of halogens is 1. The fourth-order valence-electron chi connectivity index (χ4n) is 1.50. The minimum Gasteiger partial charge on any atom is -0.394 e. The molecule has 0 aromatic carbocycles. The Hall–Kier alpha value is -0.880. The number of hydrogen-bond acceptors (Lipinski definition) is 4. The van der Waals surface area contributed by atoms with Gasteiger partial charge in [0.25, 0.3) is 0 Å². The predicted molar refractivity (Wildman–Crippen MR) is 69.2 cm³/mol. The highest BCUT2D eigenvalue weighted by Gasteiger charge is 2.00. The Bertz CT molecular complexity index is 469. The van der Waals surface area contributed by atoms with E-state index in [0.29, 0.717) is 6.54 Å². The van der Waals surface area contributed by atoms with Crippen LogP contribution in [0.4, 0.5) is 0 Å². The summed E-state index contributed by atoms with van der Waals surface area (Å²) < 4.78 is 2.55. The second-order valence-corrected chi connectivity index (χ2v) is 5.44. The van der Waals surface area contributed by atoms with Gasteiger partial charge in [0.05, 0.1) is 23.7 Å². The first-order valence-corrected chi connectivity index (χ1v) is 6.54. The van der Waals surface area contributed by atoms with E-state index in [-0.39, 0.29) is 6.61 Å². The third-order valence-corrected chi connectivity index (χ3v) is 3.50. The van der Waals surface area contributed by atoms with E-state index in [1.165, 1.54) is 4.88 Å². The molecule has 17 heavy (non-hydrogen) atoms. The van der Waals surface area contributed by atoms with Crippen molar-refractivity contribution >= 4 is 22.9 Å². The zero-order valence-corrected chi connectivity index (χ0v) is 10.8. The summed E-state index contributed by atoms with van der Waals surface area (Å²) in [6.45, 7) is 2.23. The molecule has 4 nitrogen and oxygen atoms in total. The van der Waals surface area contributed by atoms with Crippen LogP contribution in [0.1, 0.15) is 10.4 Å². The topological polar surface area (TPSA) is 50.1 Å². The van der Waals surface area contributed by atoms with E-state index in [9.17, 15) is 0 Å². The largest absolute Gasteiger partial charge is 0.394 e. The molecule has 0 radical (unpaired) electrons. The van der Waals surface area contributed by atoms with Crippen LogP contribution in [0.25, 0.3) is 0 Å². The van der Waals surface area contributed by atoms with Crippen LogP contribution < -0.4 is 5.32 Å². The molecule has 0 spiro atoms. The van der Waals surface area contributed by atoms with E-state index >= 15 is 0 Å². The first-order valence-electron chi connectivity index (χ1n) is 5.35. The van der Waals surface area contributed by atoms with Crippen LogP contribution >= 0.6 is 22.9 Å². The van der Waals surface area contributed by atoms with Crippen molar-refractivity contribution in [2.24, 2.45) is 0 Å². The van der Waals surface area contributed by atoms with Gasteiger partial charge in [0.2, 0.25) is 0 Å². The first kappa shape index (κ1) is 12.6. The number of nitrogens with zero attached hydrogens (tertiary/aromatic N) is 2. The average Bonchev–Trinajstić information content (AvgIpc) is 2.89. The highest BCUT2D eigenvalue weighted by molar-refractivity contribution is 7.16. The lowest BCUT2D eigenvalue weighted by Gasteiger charge is -2.00. The minimum atomic E-state index is 0.113. The molecule has 2 N–H and O–H groups in total. The monoisotopic (exact) mass is 271 g/mol. The van der Waals surface area contributed by atoms with Crippen molar-refractivity contribution in [3.63, 3.8) is 0 Å². The quantitative estimate of drug-likeness (QED) is 0.843. The maximum Gasteiger partial charge on any atom is 0.0931 e. The second kappa shape index (κ2) is 6.16. The standard InChI is InChI=1S/C11H14ClN3OS/c12-11-2-1-10(17-11)7-13-5-9-6-14-15(8-9)3-4-16/h1-2,6,8,13,16H,3-5,7H2. The van der Waals surface area contributed by atoms with Gasteiger partial charge in [0.15, 0.2) is 0 Å². The van der Waals surface area contributed by atoms with Gasteiger partial charge in [-0.1, -0.05) is 11.6 Å². The summed E-state index contributed by atoms with van der Waals surface area (Å²) in [4.78, 5) is 1.22. The maximum absolute atomic E-state index is 8.77. The van der Waals surface area contributed by atoms with E-state index < -0.39 is 0 Å². The highest BCUT2D eigenvalue weighted by Crippen LogP contribution is 2.21. The predicted octanol–water partition coefficient (Wildman–Crippen LogP) is 1.88. The molecule has 0 aliphatic carbocycles. The van der Waals surface area contributed by atoms with Gasteiger partial charge in [0.1, 0.15) is 0 Å². The summed E-state index contributed by atoms with van der Waals surface area (Å²) in [5.41, 5.74) is 1.11. The Morgan fingerprint density at radius 2 is 2.29 bits per heavy atom. The van der Waals surface area contributed by atoms with Crippen LogP contribution in [0.5, 0.6) is 0 Å². The normalized spacial score (nSPS) is 10.9. The number of hydrogen-bond donors (Lipinski definition) is 2. The van der Waals surface area contributed by atoms with E-state index in [1.807, 2.05) is 24.5 Å². The van der Waals surface area contributed by atoms with E-state index in [4.69, 9.17) is 16.7 Å². The number of aliphatic hydroxyl groups is 1. The minimum absolute atomic E-state index is 0.113. The molecule has 2 heterocycles. The van der Waals surface area contributed by atoms with Gasteiger partial charge < -0.3 is 10.4 Å². The fourth-order valence-corrected chi connectivity index (χ4v) is 2.56. The maximum atomic E-state index is 8.77.